The quantitative estimate of drug-likeness (QED) is 0.757. The Morgan fingerprint density at radius 1 is 1.33 bits per heavy atom. The van der Waals surface area contributed by atoms with Crippen LogP contribution in [-0.2, 0) is 23.2 Å². The van der Waals surface area contributed by atoms with Gasteiger partial charge in [0, 0.05) is 18.8 Å². The summed E-state index contributed by atoms with van der Waals surface area (Å²) in [7, 11) is 1.87. The lowest BCUT2D eigenvalue weighted by Crippen LogP contribution is -2.06. The Bertz CT molecular complexity index is 554. The third-order valence-corrected chi connectivity index (χ3v) is 2.67. The van der Waals surface area contributed by atoms with E-state index in [9.17, 15) is 4.79 Å². The first-order chi connectivity index (χ1) is 8.63. The molecule has 0 aliphatic carbocycles. The summed E-state index contributed by atoms with van der Waals surface area (Å²) < 4.78 is 6.44. The van der Waals surface area contributed by atoms with E-state index in [-0.39, 0.29) is 6.61 Å². The summed E-state index contributed by atoms with van der Waals surface area (Å²) in [6, 6.07) is 1.92. The van der Waals surface area contributed by atoms with E-state index < -0.39 is 0 Å². The average Bonchev–Trinajstić information content (AvgIpc) is 2.72. The molecule has 2 aromatic heterocycles. The van der Waals surface area contributed by atoms with Gasteiger partial charge in [0.1, 0.15) is 0 Å². The van der Waals surface area contributed by atoms with Crippen LogP contribution in [-0.4, -0.2) is 26.2 Å². The summed E-state index contributed by atoms with van der Waals surface area (Å²) in [6.07, 6.45) is 1.73. The van der Waals surface area contributed by atoms with Crippen LogP contribution in [0.5, 0.6) is 0 Å². The van der Waals surface area contributed by atoms with E-state index in [1.165, 1.54) is 0 Å². The molecule has 6 heteroatoms. The van der Waals surface area contributed by atoms with Gasteiger partial charge in [-0.25, -0.2) is 9.97 Å². The van der Waals surface area contributed by atoms with Crippen LogP contribution in [0.2, 0.25) is 0 Å². The summed E-state index contributed by atoms with van der Waals surface area (Å²) >= 11 is 0. The van der Waals surface area contributed by atoms with Crippen molar-refractivity contribution in [3.05, 3.63) is 29.5 Å². The van der Waals surface area contributed by atoms with Crippen molar-refractivity contribution in [3.8, 4) is 11.3 Å². The number of aryl methyl sites for hydroxylation is 3. The molecule has 2 rings (SSSR count). The van der Waals surface area contributed by atoms with Crippen molar-refractivity contribution in [3.63, 3.8) is 0 Å². The lowest BCUT2D eigenvalue weighted by atomic mass is 10.1. The number of ether oxygens (including phenoxy) is 1. The van der Waals surface area contributed by atoms with E-state index in [1.807, 2.05) is 27.0 Å². The summed E-state index contributed by atoms with van der Waals surface area (Å²) in [4.78, 5) is 18.8. The molecule has 6 nitrogen and oxygen atoms in total. The van der Waals surface area contributed by atoms with Crippen LogP contribution in [0, 0.1) is 13.8 Å². The van der Waals surface area contributed by atoms with Gasteiger partial charge >= 0.3 is 0 Å². The van der Waals surface area contributed by atoms with Gasteiger partial charge in [-0.1, -0.05) is 0 Å². The molecular formula is C12H14N4O2. The van der Waals surface area contributed by atoms with Gasteiger partial charge in [-0.05, 0) is 19.9 Å². The molecule has 0 bridgehead atoms. The average molecular weight is 246 g/mol. The van der Waals surface area contributed by atoms with E-state index >= 15 is 0 Å². The lowest BCUT2D eigenvalue weighted by Gasteiger charge is -2.10. The first kappa shape index (κ1) is 12.2. The molecule has 0 aliphatic heterocycles. The minimum Gasteiger partial charge on any atom is -0.460 e. The Hall–Kier alpha value is -2.24. The van der Waals surface area contributed by atoms with E-state index in [1.54, 1.807) is 10.9 Å². The molecule has 0 saturated carbocycles. The molecule has 2 aromatic rings. The van der Waals surface area contributed by atoms with Crippen LogP contribution < -0.4 is 0 Å². The van der Waals surface area contributed by atoms with Crippen molar-refractivity contribution in [2.45, 2.75) is 20.5 Å². The minimum absolute atomic E-state index is 0.0941. The van der Waals surface area contributed by atoms with Crippen molar-refractivity contribution < 1.29 is 9.53 Å². The second kappa shape index (κ2) is 4.95. The second-order valence-corrected chi connectivity index (χ2v) is 3.93. The first-order valence-electron chi connectivity index (χ1n) is 5.51. The zero-order chi connectivity index (χ0) is 13.1. The predicted octanol–water partition coefficient (Wildman–Crippen LogP) is 1.17. The lowest BCUT2D eigenvalue weighted by molar-refractivity contribution is -0.130. The number of carbonyl (C=O) groups excluding carboxylic acids is 1. The van der Waals surface area contributed by atoms with E-state index in [0.29, 0.717) is 12.3 Å². The molecule has 0 radical (unpaired) electrons. The zero-order valence-electron chi connectivity index (χ0n) is 10.5. The van der Waals surface area contributed by atoms with Crippen molar-refractivity contribution in [1.82, 2.24) is 19.7 Å². The van der Waals surface area contributed by atoms with Gasteiger partial charge in [-0.2, -0.15) is 5.10 Å². The molecule has 0 atom stereocenters. The fraction of sp³-hybridized carbons (Fsp3) is 0.333. The molecule has 0 aromatic carbocycles. The van der Waals surface area contributed by atoms with Gasteiger partial charge in [0.05, 0.1) is 17.1 Å². The highest BCUT2D eigenvalue weighted by Gasteiger charge is 2.13. The minimum atomic E-state index is 0.0941. The summed E-state index contributed by atoms with van der Waals surface area (Å²) in [5.41, 5.74) is 3.61. The molecule has 94 valence electrons. The molecule has 0 amide bonds. The van der Waals surface area contributed by atoms with Crippen molar-refractivity contribution in [2.24, 2.45) is 7.05 Å². The summed E-state index contributed by atoms with van der Waals surface area (Å²) in [5.74, 6) is 0.503. The predicted molar refractivity (Wildman–Crippen MR) is 64.6 cm³/mol. The Morgan fingerprint density at radius 2 is 2.00 bits per heavy atom. The summed E-state index contributed by atoms with van der Waals surface area (Å²) in [6.45, 7) is 4.29. The van der Waals surface area contributed by atoms with Crippen LogP contribution in [0.1, 0.15) is 17.2 Å². The number of nitrogens with zero attached hydrogens (tertiary/aromatic N) is 4. The molecule has 0 unspecified atom stereocenters. The standard InChI is InChI=1S/C12H14N4O2/c1-8-12(10-4-5-13-16(10)3)9(2)15-11(14-8)6-18-7-17/h4-5,7H,6H2,1-3H3. The molecular weight excluding hydrogens is 232 g/mol. The highest BCUT2D eigenvalue weighted by Crippen LogP contribution is 2.24. The maximum atomic E-state index is 10.2. The van der Waals surface area contributed by atoms with Crippen LogP contribution in [0.25, 0.3) is 11.3 Å². The normalized spacial score (nSPS) is 10.4. The molecule has 18 heavy (non-hydrogen) atoms. The van der Waals surface area contributed by atoms with Gasteiger partial charge in [0.2, 0.25) is 0 Å². The van der Waals surface area contributed by atoms with E-state index in [0.717, 1.165) is 22.6 Å². The molecule has 0 aliphatic rings. The van der Waals surface area contributed by atoms with Crippen LogP contribution in [0.15, 0.2) is 12.3 Å². The van der Waals surface area contributed by atoms with Crippen LogP contribution in [0.3, 0.4) is 0 Å². The van der Waals surface area contributed by atoms with Crippen LogP contribution in [0.4, 0.5) is 0 Å². The zero-order valence-corrected chi connectivity index (χ0v) is 10.5. The Labute approximate surface area is 105 Å². The molecule has 0 spiro atoms. The maximum absolute atomic E-state index is 10.2. The van der Waals surface area contributed by atoms with Crippen molar-refractivity contribution in [1.29, 1.82) is 0 Å². The number of hydrogen-bond acceptors (Lipinski definition) is 5. The summed E-state index contributed by atoms with van der Waals surface area (Å²) in [5, 5.41) is 4.14. The number of aromatic nitrogens is 4. The molecule has 0 saturated heterocycles. The molecule has 0 fully saturated rings. The highest BCUT2D eigenvalue weighted by atomic mass is 16.5. The van der Waals surface area contributed by atoms with Gasteiger partial charge < -0.3 is 4.74 Å². The Kier molecular flexibility index (Phi) is 3.36. The third kappa shape index (κ3) is 2.22. The van der Waals surface area contributed by atoms with Gasteiger partial charge in [0.15, 0.2) is 12.4 Å². The second-order valence-electron chi connectivity index (χ2n) is 3.93. The number of carbonyl (C=O) groups is 1. The van der Waals surface area contributed by atoms with Gasteiger partial charge in [-0.3, -0.25) is 9.48 Å². The Balaban J connectivity index is 2.44. The maximum Gasteiger partial charge on any atom is 0.293 e. The SMILES string of the molecule is Cc1nc(COC=O)nc(C)c1-c1ccnn1C. The van der Waals surface area contributed by atoms with E-state index in [4.69, 9.17) is 0 Å². The van der Waals surface area contributed by atoms with Crippen LogP contribution >= 0.6 is 0 Å². The molecule has 2 heterocycles. The first-order valence-corrected chi connectivity index (χ1v) is 5.51. The third-order valence-electron chi connectivity index (χ3n) is 2.67. The largest absolute Gasteiger partial charge is 0.460 e. The Morgan fingerprint density at radius 3 is 2.50 bits per heavy atom. The van der Waals surface area contributed by atoms with Crippen molar-refractivity contribution in [2.75, 3.05) is 0 Å². The van der Waals surface area contributed by atoms with Gasteiger partial charge in [0.25, 0.3) is 6.47 Å². The molecule has 0 N–H and O–H groups in total. The van der Waals surface area contributed by atoms with E-state index in [2.05, 4.69) is 19.8 Å². The fourth-order valence-electron chi connectivity index (χ4n) is 1.95. The topological polar surface area (TPSA) is 69.9 Å². The van der Waals surface area contributed by atoms with Gasteiger partial charge in [-0.15, -0.1) is 0 Å². The smallest absolute Gasteiger partial charge is 0.293 e. The number of rotatable bonds is 4. The number of hydrogen-bond donors (Lipinski definition) is 0. The monoisotopic (exact) mass is 246 g/mol. The fourth-order valence-corrected chi connectivity index (χ4v) is 1.95. The van der Waals surface area contributed by atoms with Crippen molar-refractivity contribution >= 4 is 6.47 Å². The highest BCUT2D eigenvalue weighted by molar-refractivity contribution is 5.64.